The number of anilines is 1. The first-order valence-electron chi connectivity index (χ1n) is 8.23. The van der Waals surface area contributed by atoms with Gasteiger partial charge in [0.05, 0.1) is 28.7 Å². The van der Waals surface area contributed by atoms with Crippen molar-refractivity contribution in [2.45, 2.75) is 6.92 Å². The Morgan fingerprint density at radius 1 is 1.25 bits per heavy atom. The van der Waals surface area contributed by atoms with E-state index < -0.39 is 5.91 Å². The number of benzene rings is 2. The Morgan fingerprint density at radius 2 is 2.00 bits per heavy atom. The predicted molar refractivity (Wildman–Crippen MR) is 107 cm³/mol. The van der Waals surface area contributed by atoms with E-state index in [0.29, 0.717) is 22.3 Å². The SMILES string of the molecule is COc1ccc2nc(NC(=O)c3c(C)nn(-c4ccc(F)cc4)c3Cl)sc2c1. The van der Waals surface area contributed by atoms with Gasteiger partial charge in [-0.1, -0.05) is 22.9 Å². The zero-order valence-electron chi connectivity index (χ0n) is 14.9. The van der Waals surface area contributed by atoms with Gasteiger partial charge in [0.1, 0.15) is 22.3 Å². The molecule has 0 spiro atoms. The molecule has 1 N–H and O–H groups in total. The second-order valence-corrected chi connectivity index (χ2v) is 7.33. The molecule has 0 aliphatic carbocycles. The van der Waals surface area contributed by atoms with Gasteiger partial charge in [-0.05, 0) is 49.4 Å². The lowest BCUT2D eigenvalue weighted by Gasteiger charge is -2.04. The molecule has 28 heavy (non-hydrogen) atoms. The van der Waals surface area contributed by atoms with Gasteiger partial charge >= 0.3 is 0 Å². The van der Waals surface area contributed by atoms with Gasteiger partial charge in [0.15, 0.2) is 5.13 Å². The number of aromatic nitrogens is 3. The monoisotopic (exact) mass is 416 g/mol. The molecule has 0 saturated heterocycles. The van der Waals surface area contributed by atoms with Crippen LogP contribution < -0.4 is 10.1 Å². The molecule has 0 atom stereocenters. The summed E-state index contributed by atoms with van der Waals surface area (Å²) in [4.78, 5) is 17.2. The Labute approximate surface area is 168 Å². The predicted octanol–water partition coefficient (Wildman–Crippen LogP) is 4.84. The van der Waals surface area contributed by atoms with Crippen LogP contribution in [0, 0.1) is 12.7 Å². The quantitative estimate of drug-likeness (QED) is 0.516. The van der Waals surface area contributed by atoms with Gasteiger partial charge in [-0.3, -0.25) is 10.1 Å². The molecule has 0 fully saturated rings. The van der Waals surface area contributed by atoms with Crippen LogP contribution in [0.4, 0.5) is 9.52 Å². The number of thiazole rings is 1. The first-order chi connectivity index (χ1) is 13.5. The molecule has 142 valence electrons. The summed E-state index contributed by atoms with van der Waals surface area (Å²) < 4.78 is 20.6. The molecule has 0 bridgehead atoms. The Hall–Kier alpha value is -2.97. The van der Waals surface area contributed by atoms with Crippen LogP contribution >= 0.6 is 22.9 Å². The molecule has 4 rings (SSSR count). The molecule has 2 aromatic carbocycles. The number of rotatable bonds is 4. The third-order valence-corrected chi connectivity index (χ3v) is 5.40. The van der Waals surface area contributed by atoms with E-state index in [1.807, 2.05) is 12.1 Å². The summed E-state index contributed by atoms with van der Waals surface area (Å²) in [5.74, 6) is -0.0652. The molecule has 2 heterocycles. The third kappa shape index (κ3) is 3.32. The minimum Gasteiger partial charge on any atom is -0.497 e. The number of methoxy groups -OCH3 is 1. The van der Waals surface area contributed by atoms with Gasteiger partial charge < -0.3 is 4.74 Å². The summed E-state index contributed by atoms with van der Waals surface area (Å²) in [5.41, 5.74) is 2.00. The fourth-order valence-electron chi connectivity index (χ4n) is 2.76. The molecule has 2 aromatic heterocycles. The van der Waals surface area contributed by atoms with E-state index in [-0.39, 0.29) is 16.5 Å². The number of aryl methyl sites for hydroxylation is 1. The zero-order chi connectivity index (χ0) is 19.8. The van der Waals surface area contributed by atoms with Crippen LogP contribution in [0.1, 0.15) is 16.1 Å². The first-order valence-corrected chi connectivity index (χ1v) is 9.42. The number of nitrogens with one attached hydrogen (secondary N) is 1. The minimum absolute atomic E-state index is 0.143. The van der Waals surface area contributed by atoms with Crippen molar-refractivity contribution < 1.29 is 13.9 Å². The minimum atomic E-state index is -0.415. The molecule has 0 unspecified atom stereocenters. The van der Waals surface area contributed by atoms with E-state index in [0.717, 1.165) is 10.2 Å². The second-order valence-electron chi connectivity index (χ2n) is 5.95. The summed E-state index contributed by atoms with van der Waals surface area (Å²) in [6, 6.07) is 11.2. The summed E-state index contributed by atoms with van der Waals surface area (Å²) >= 11 is 7.73. The van der Waals surface area contributed by atoms with Crippen LogP contribution in [0.3, 0.4) is 0 Å². The van der Waals surface area contributed by atoms with Crippen LogP contribution in [0.15, 0.2) is 42.5 Å². The highest BCUT2D eigenvalue weighted by Crippen LogP contribution is 2.30. The van der Waals surface area contributed by atoms with Gasteiger partial charge in [-0.2, -0.15) is 5.10 Å². The maximum absolute atomic E-state index is 13.2. The molecule has 6 nitrogen and oxygen atoms in total. The van der Waals surface area contributed by atoms with Crippen molar-refractivity contribution in [3.05, 3.63) is 64.7 Å². The summed E-state index contributed by atoms with van der Waals surface area (Å²) in [5, 5.41) is 7.66. The number of halogens is 2. The van der Waals surface area contributed by atoms with Crippen molar-refractivity contribution in [2.75, 3.05) is 12.4 Å². The smallest absolute Gasteiger partial charge is 0.262 e. The van der Waals surface area contributed by atoms with Crippen LogP contribution in [0.5, 0.6) is 5.75 Å². The topological polar surface area (TPSA) is 69.0 Å². The molecule has 0 radical (unpaired) electrons. The van der Waals surface area contributed by atoms with E-state index in [1.165, 1.54) is 40.3 Å². The zero-order valence-corrected chi connectivity index (χ0v) is 16.4. The lowest BCUT2D eigenvalue weighted by atomic mass is 10.2. The van der Waals surface area contributed by atoms with E-state index in [1.54, 1.807) is 20.1 Å². The number of hydrogen-bond donors (Lipinski definition) is 1. The molecule has 9 heteroatoms. The molecular formula is C19H14ClFN4O2S. The van der Waals surface area contributed by atoms with Crippen LogP contribution in [-0.2, 0) is 0 Å². The highest BCUT2D eigenvalue weighted by atomic mass is 35.5. The standard InChI is InChI=1S/C19H14ClFN4O2S/c1-10-16(17(20)25(24-10)12-5-3-11(21)4-6-12)18(26)23-19-22-14-8-7-13(27-2)9-15(14)28-19/h3-9H,1-2H3,(H,22,23,26). The van der Waals surface area contributed by atoms with Gasteiger partial charge in [-0.15, -0.1) is 0 Å². The fourth-order valence-corrected chi connectivity index (χ4v) is 4.00. The number of ether oxygens (including phenoxy) is 1. The number of amides is 1. The van der Waals surface area contributed by atoms with Crippen molar-refractivity contribution in [3.8, 4) is 11.4 Å². The van der Waals surface area contributed by atoms with E-state index in [4.69, 9.17) is 16.3 Å². The molecule has 0 saturated carbocycles. The molecular weight excluding hydrogens is 403 g/mol. The molecule has 0 aliphatic rings. The van der Waals surface area contributed by atoms with Gasteiger partial charge in [0.25, 0.3) is 5.91 Å². The van der Waals surface area contributed by atoms with E-state index >= 15 is 0 Å². The molecule has 1 amide bonds. The molecule has 4 aromatic rings. The average molecular weight is 417 g/mol. The maximum Gasteiger partial charge on any atom is 0.262 e. The van der Waals surface area contributed by atoms with Crippen molar-refractivity contribution in [1.29, 1.82) is 0 Å². The molecule has 0 aliphatic heterocycles. The normalized spacial score (nSPS) is 11.0. The lowest BCUT2D eigenvalue weighted by Crippen LogP contribution is -2.12. The van der Waals surface area contributed by atoms with Gasteiger partial charge in [0.2, 0.25) is 0 Å². The summed E-state index contributed by atoms with van der Waals surface area (Å²) in [7, 11) is 1.59. The number of carbonyl (C=O) groups excluding carboxylic acids is 1. The van der Waals surface area contributed by atoms with Crippen molar-refractivity contribution >= 4 is 44.2 Å². The Morgan fingerprint density at radius 3 is 2.71 bits per heavy atom. The van der Waals surface area contributed by atoms with Gasteiger partial charge in [0, 0.05) is 0 Å². The fraction of sp³-hybridized carbons (Fsp3) is 0.105. The van der Waals surface area contributed by atoms with Crippen LogP contribution in [0.2, 0.25) is 5.15 Å². The highest BCUT2D eigenvalue weighted by Gasteiger charge is 2.22. The number of nitrogens with zero attached hydrogens (tertiary/aromatic N) is 3. The largest absolute Gasteiger partial charge is 0.497 e. The number of fused-ring (bicyclic) bond motifs is 1. The maximum atomic E-state index is 13.2. The highest BCUT2D eigenvalue weighted by molar-refractivity contribution is 7.22. The number of carbonyl (C=O) groups is 1. The van der Waals surface area contributed by atoms with Crippen molar-refractivity contribution in [2.24, 2.45) is 0 Å². The van der Waals surface area contributed by atoms with E-state index in [2.05, 4.69) is 15.4 Å². The number of hydrogen-bond acceptors (Lipinski definition) is 5. The summed E-state index contributed by atoms with van der Waals surface area (Å²) in [6.45, 7) is 1.68. The van der Waals surface area contributed by atoms with Crippen molar-refractivity contribution in [1.82, 2.24) is 14.8 Å². The Bertz CT molecular complexity index is 1190. The summed E-state index contributed by atoms with van der Waals surface area (Å²) in [6.07, 6.45) is 0. The van der Waals surface area contributed by atoms with Gasteiger partial charge in [-0.25, -0.2) is 14.1 Å². The van der Waals surface area contributed by atoms with Crippen LogP contribution in [0.25, 0.3) is 15.9 Å². The Balaban J connectivity index is 1.64. The second kappa shape index (κ2) is 7.21. The van der Waals surface area contributed by atoms with Crippen LogP contribution in [-0.4, -0.2) is 27.8 Å². The van der Waals surface area contributed by atoms with E-state index in [9.17, 15) is 9.18 Å². The Kier molecular flexibility index (Phi) is 4.74. The van der Waals surface area contributed by atoms with Crippen molar-refractivity contribution in [3.63, 3.8) is 0 Å². The first kappa shape index (κ1) is 18.4. The lowest BCUT2D eigenvalue weighted by molar-refractivity contribution is 0.102. The average Bonchev–Trinajstić information content (AvgIpc) is 3.21. The third-order valence-electron chi connectivity index (χ3n) is 4.12.